The van der Waals surface area contributed by atoms with E-state index in [0.29, 0.717) is 16.3 Å². The second-order valence-electron chi connectivity index (χ2n) is 4.86. The van der Waals surface area contributed by atoms with E-state index in [0.717, 1.165) is 11.1 Å². The van der Waals surface area contributed by atoms with E-state index in [9.17, 15) is 4.79 Å². The molecule has 2 aromatic rings. The Morgan fingerprint density at radius 2 is 1.86 bits per heavy atom. The Morgan fingerprint density at radius 3 is 2.45 bits per heavy atom. The van der Waals surface area contributed by atoms with Crippen LogP contribution >= 0.6 is 23.8 Å². The van der Waals surface area contributed by atoms with Crippen molar-refractivity contribution in [2.75, 3.05) is 5.01 Å². The Labute approximate surface area is 139 Å². The van der Waals surface area contributed by atoms with Gasteiger partial charge in [-0.2, -0.15) is 0 Å². The molecule has 0 aromatic heterocycles. The van der Waals surface area contributed by atoms with Crippen LogP contribution in [0.3, 0.4) is 0 Å². The molecule has 0 unspecified atom stereocenters. The third-order valence-electron chi connectivity index (χ3n) is 3.30. The van der Waals surface area contributed by atoms with Crippen molar-refractivity contribution in [1.29, 1.82) is 0 Å². The Hall–Kier alpha value is -2.11. The summed E-state index contributed by atoms with van der Waals surface area (Å²) < 4.78 is 0. The quantitative estimate of drug-likeness (QED) is 0.653. The van der Waals surface area contributed by atoms with Gasteiger partial charge in [0.25, 0.3) is 5.91 Å². The molecular weight excluding hydrogens is 318 g/mol. The number of benzene rings is 2. The lowest BCUT2D eigenvalue weighted by Gasteiger charge is -2.24. The molecule has 0 spiro atoms. The number of anilines is 1. The minimum atomic E-state index is -0.378. The Kier molecular flexibility index (Phi) is 5.00. The smallest absolute Gasteiger partial charge is 0.271 e. The first-order chi connectivity index (χ1) is 10.4. The number of halogens is 1. The molecule has 0 fully saturated rings. The van der Waals surface area contributed by atoms with Crippen LogP contribution in [-0.2, 0) is 0 Å². The SMILES string of the molecule is Cc1ccc(N(NC(=O)c2ccccc2Cl)C(N)=S)cc1C. The molecule has 0 aliphatic carbocycles. The Balaban J connectivity index is 2.30. The molecule has 2 aromatic carbocycles. The van der Waals surface area contributed by atoms with Crippen molar-refractivity contribution in [2.45, 2.75) is 13.8 Å². The predicted octanol–water partition coefficient (Wildman–Crippen LogP) is 3.35. The Morgan fingerprint density at radius 1 is 1.18 bits per heavy atom. The third kappa shape index (κ3) is 3.55. The van der Waals surface area contributed by atoms with Crippen molar-refractivity contribution in [2.24, 2.45) is 5.73 Å². The molecule has 0 saturated carbocycles. The first-order valence-corrected chi connectivity index (χ1v) is 7.41. The van der Waals surface area contributed by atoms with Gasteiger partial charge < -0.3 is 5.73 Å². The number of rotatable bonds is 2. The average Bonchev–Trinajstić information content (AvgIpc) is 2.47. The lowest BCUT2D eigenvalue weighted by atomic mass is 10.1. The second-order valence-corrected chi connectivity index (χ2v) is 5.69. The molecule has 0 bridgehead atoms. The van der Waals surface area contributed by atoms with Crippen molar-refractivity contribution >= 4 is 40.5 Å². The van der Waals surface area contributed by atoms with E-state index in [1.54, 1.807) is 24.3 Å². The van der Waals surface area contributed by atoms with Crippen molar-refractivity contribution in [3.63, 3.8) is 0 Å². The zero-order valence-corrected chi connectivity index (χ0v) is 13.8. The zero-order valence-electron chi connectivity index (χ0n) is 12.3. The number of amides is 1. The summed E-state index contributed by atoms with van der Waals surface area (Å²) in [5.74, 6) is -0.378. The van der Waals surface area contributed by atoms with E-state index in [4.69, 9.17) is 29.6 Å². The number of aryl methyl sites for hydroxylation is 2. The lowest BCUT2D eigenvalue weighted by Crippen LogP contribution is -2.49. The highest BCUT2D eigenvalue weighted by atomic mass is 35.5. The molecule has 0 aliphatic rings. The van der Waals surface area contributed by atoms with Crippen LogP contribution in [-0.4, -0.2) is 11.0 Å². The van der Waals surface area contributed by atoms with Gasteiger partial charge in [0, 0.05) is 0 Å². The van der Waals surface area contributed by atoms with Gasteiger partial charge in [-0.3, -0.25) is 10.2 Å². The van der Waals surface area contributed by atoms with Gasteiger partial charge in [0.2, 0.25) is 0 Å². The van der Waals surface area contributed by atoms with E-state index in [1.807, 2.05) is 32.0 Å². The molecule has 2 rings (SSSR count). The molecule has 4 nitrogen and oxygen atoms in total. The topological polar surface area (TPSA) is 58.4 Å². The molecule has 0 aliphatic heterocycles. The molecule has 0 radical (unpaired) electrons. The van der Waals surface area contributed by atoms with Crippen LogP contribution in [0.5, 0.6) is 0 Å². The van der Waals surface area contributed by atoms with Crippen LogP contribution in [0.1, 0.15) is 21.5 Å². The van der Waals surface area contributed by atoms with Crippen LogP contribution in [0.2, 0.25) is 5.02 Å². The van der Waals surface area contributed by atoms with Gasteiger partial charge in [-0.1, -0.05) is 29.8 Å². The third-order valence-corrected chi connectivity index (χ3v) is 3.81. The summed E-state index contributed by atoms with van der Waals surface area (Å²) in [6.45, 7) is 3.99. The summed E-state index contributed by atoms with van der Waals surface area (Å²) in [5, 5.41) is 1.78. The van der Waals surface area contributed by atoms with Crippen LogP contribution in [0, 0.1) is 13.8 Å². The molecule has 0 atom stereocenters. The summed E-state index contributed by atoms with van der Waals surface area (Å²) in [7, 11) is 0. The number of hydrogen-bond donors (Lipinski definition) is 2. The van der Waals surface area contributed by atoms with E-state index in [2.05, 4.69) is 5.43 Å². The fraction of sp³-hybridized carbons (Fsp3) is 0.125. The number of hydrazine groups is 1. The first-order valence-electron chi connectivity index (χ1n) is 6.62. The van der Waals surface area contributed by atoms with Gasteiger partial charge in [-0.05, 0) is 61.5 Å². The molecule has 0 saturated heterocycles. The summed E-state index contributed by atoms with van der Waals surface area (Å²) in [6.07, 6.45) is 0. The van der Waals surface area contributed by atoms with Gasteiger partial charge in [0.05, 0.1) is 16.3 Å². The molecule has 114 valence electrons. The van der Waals surface area contributed by atoms with E-state index >= 15 is 0 Å². The number of carbonyl (C=O) groups is 1. The molecule has 0 heterocycles. The minimum Gasteiger partial charge on any atom is -0.374 e. The van der Waals surface area contributed by atoms with Gasteiger partial charge in [-0.25, -0.2) is 5.01 Å². The largest absolute Gasteiger partial charge is 0.374 e. The number of nitrogens with two attached hydrogens (primary N) is 1. The fourth-order valence-electron chi connectivity index (χ4n) is 1.92. The monoisotopic (exact) mass is 333 g/mol. The standard InChI is InChI=1S/C16H16ClN3OS/c1-10-7-8-12(9-11(10)2)20(16(18)22)19-15(21)13-5-3-4-6-14(13)17/h3-9H,1-2H3,(H2,18,22)(H,19,21). The molecular formula is C16H16ClN3OS. The molecule has 3 N–H and O–H groups in total. The molecule has 1 amide bonds. The average molecular weight is 334 g/mol. The lowest BCUT2D eigenvalue weighted by molar-refractivity contribution is 0.0955. The normalized spacial score (nSPS) is 10.1. The highest BCUT2D eigenvalue weighted by Gasteiger charge is 2.16. The minimum absolute atomic E-state index is 0.0451. The van der Waals surface area contributed by atoms with Crippen LogP contribution in [0.15, 0.2) is 42.5 Å². The summed E-state index contributed by atoms with van der Waals surface area (Å²) >= 11 is 11.1. The summed E-state index contributed by atoms with van der Waals surface area (Å²) in [6, 6.07) is 12.5. The van der Waals surface area contributed by atoms with Gasteiger partial charge in [0.15, 0.2) is 5.11 Å². The van der Waals surface area contributed by atoms with Gasteiger partial charge in [-0.15, -0.1) is 0 Å². The number of nitrogens with zero attached hydrogens (tertiary/aromatic N) is 1. The first kappa shape index (κ1) is 16.3. The van der Waals surface area contributed by atoms with Crippen LogP contribution in [0.25, 0.3) is 0 Å². The fourth-order valence-corrected chi connectivity index (χ4v) is 2.29. The molecule has 22 heavy (non-hydrogen) atoms. The van der Waals surface area contributed by atoms with Crippen molar-refractivity contribution in [3.8, 4) is 0 Å². The van der Waals surface area contributed by atoms with Crippen molar-refractivity contribution < 1.29 is 4.79 Å². The van der Waals surface area contributed by atoms with Crippen molar-refractivity contribution in [1.82, 2.24) is 5.43 Å². The van der Waals surface area contributed by atoms with Crippen LogP contribution in [0.4, 0.5) is 5.69 Å². The van der Waals surface area contributed by atoms with Crippen molar-refractivity contribution in [3.05, 3.63) is 64.2 Å². The number of thiocarbonyl (C=S) groups is 1. The maximum absolute atomic E-state index is 12.4. The van der Waals surface area contributed by atoms with E-state index < -0.39 is 0 Å². The predicted molar refractivity (Wildman–Crippen MR) is 94.1 cm³/mol. The number of hydrogen-bond acceptors (Lipinski definition) is 2. The summed E-state index contributed by atoms with van der Waals surface area (Å²) in [4.78, 5) is 12.4. The van der Waals surface area contributed by atoms with Gasteiger partial charge in [0.1, 0.15) is 0 Å². The van der Waals surface area contributed by atoms with E-state index in [1.165, 1.54) is 5.01 Å². The maximum Gasteiger partial charge on any atom is 0.271 e. The highest BCUT2D eigenvalue weighted by molar-refractivity contribution is 7.80. The Bertz CT molecular complexity index is 733. The molecule has 6 heteroatoms. The van der Waals surface area contributed by atoms with E-state index in [-0.39, 0.29) is 11.0 Å². The van der Waals surface area contributed by atoms with Gasteiger partial charge >= 0.3 is 0 Å². The highest BCUT2D eigenvalue weighted by Crippen LogP contribution is 2.19. The number of nitrogens with one attached hydrogen (secondary N) is 1. The maximum atomic E-state index is 12.4. The zero-order chi connectivity index (χ0) is 16.3. The second kappa shape index (κ2) is 6.77. The van der Waals surface area contributed by atoms with Crippen LogP contribution < -0.4 is 16.2 Å². The number of carbonyl (C=O) groups excluding carboxylic acids is 1. The summed E-state index contributed by atoms with van der Waals surface area (Å²) in [5.41, 5.74) is 11.7.